The molecule has 0 bridgehead atoms. The molecule has 24 heavy (non-hydrogen) atoms. The lowest BCUT2D eigenvalue weighted by molar-refractivity contribution is -0.115. The molecule has 1 aliphatic carbocycles. The average Bonchev–Trinajstić information content (AvgIpc) is 2.51. The third kappa shape index (κ3) is 5.23. The monoisotopic (exact) mass is 333 g/mol. The van der Waals surface area contributed by atoms with Crippen molar-refractivity contribution in [3.05, 3.63) is 28.8 Å². The van der Waals surface area contributed by atoms with Crippen LogP contribution < -0.4 is 16.0 Å². The van der Waals surface area contributed by atoms with Crippen LogP contribution in [0.15, 0.2) is 12.1 Å². The van der Waals surface area contributed by atoms with Crippen LogP contribution >= 0.6 is 0 Å². The van der Waals surface area contributed by atoms with Gasteiger partial charge in [-0.15, -0.1) is 0 Å². The number of anilines is 1. The zero-order valence-electron chi connectivity index (χ0n) is 14.6. The summed E-state index contributed by atoms with van der Waals surface area (Å²) in [5.41, 5.74) is 3.96. The number of urea groups is 1. The Balaban J connectivity index is 1.78. The van der Waals surface area contributed by atoms with Crippen molar-refractivity contribution in [2.45, 2.75) is 58.6 Å². The molecule has 0 aliphatic heterocycles. The fraction of sp³-hybridized carbons (Fsp3) is 0.556. The van der Waals surface area contributed by atoms with E-state index in [1.54, 1.807) is 0 Å². The lowest BCUT2D eigenvalue weighted by Gasteiger charge is -2.26. The molecule has 3 amide bonds. The molecule has 4 N–H and O–H groups in total. The molecule has 0 spiro atoms. The molecule has 1 aliphatic rings. The molecule has 1 aromatic rings. The van der Waals surface area contributed by atoms with E-state index in [4.69, 9.17) is 0 Å². The molecule has 0 atom stereocenters. The highest BCUT2D eigenvalue weighted by Crippen LogP contribution is 2.21. The van der Waals surface area contributed by atoms with E-state index in [2.05, 4.69) is 16.0 Å². The van der Waals surface area contributed by atoms with Crippen molar-refractivity contribution in [2.24, 2.45) is 0 Å². The summed E-state index contributed by atoms with van der Waals surface area (Å²) < 4.78 is 0. The van der Waals surface area contributed by atoms with Crippen LogP contribution in [-0.2, 0) is 4.79 Å². The number of hydrogen-bond acceptors (Lipinski definition) is 3. The van der Waals surface area contributed by atoms with Crippen molar-refractivity contribution in [1.29, 1.82) is 0 Å². The number of aryl methyl sites for hydroxylation is 3. The first kappa shape index (κ1) is 18.3. The Labute approximate surface area is 143 Å². The van der Waals surface area contributed by atoms with Gasteiger partial charge in [-0.2, -0.15) is 0 Å². The number of aliphatic hydroxyl groups excluding tert-OH is 1. The molecule has 1 saturated carbocycles. The smallest absolute Gasteiger partial charge is 0.315 e. The topological polar surface area (TPSA) is 90.5 Å². The zero-order valence-corrected chi connectivity index (χ0v) is 14.6. The number of aliphatic hydroxyl groups is 1. The number of rotatable bonds is 4. The van der Waals surface area contributed by atoms with Crippen LogP contribution in [0.25, 0.3) is 0 Å². The summed E-state index contributed by atoms with van der Waals surface area (Å²) in [6, 6.07) is 3.75. The first-order valence-electron chi connectivity index (χ1n) is 8.45. The van der Waals surface area contributed by atoms with E-state index in [1.807, 2.05) is 32.9 Å². The van der Waals surface area contributed by atoms with E-state index < -0.39 is 0 Å². The molecule has 0 aromatic heterocycles. The van der Waals surface area contributed by atoms with Gasteiger partial charge in [0, 0.05) is 11.7 Å². The van der Waals surface area contributed by atoms with Crippen molar-refractivity contribution >= 4 is 17.6 Å². The fourth-order valence-corrected chi connectivity index (χ4v) is 3.18. The Kier molecular flexibility index (Phi) is 6.20. The van der Waals surface area contributed by atoms with Crippen molar-refractivity contribution in [2.75, 3.05) is 11.9 Å². The summed E-state index contributed by atoms with van der Waals surface area (Å²) in [7, 11) is 0. The summed E-state index contributed by atoms with van der Waals surface area (Å²) in [6.45, 7) is 5.84. The number of benzene rings is 1. The van der Waals surface area contributed by atoms with Gasteiger partial charge >= 0.3 is 6.03 Å². The quantitative estimate of drug-likeness (QED) is 0.680. The normalized spacial score (nSPS) is 20.3. The number of hydrogen-bond donors (Lipinski definition) is 4. The van der Waals surface area contributed by atoms with E-state index in [-0.39, 0.29) is 30.6 Å². The van der Waals surface area contributed by atoms with Crippen LogP contribution in [0.1, 0.15) is 42.4 Å². The second-order valence-corrected chi connectivity index (χ2v) is 6.65. The fourth-order valence-electron chi connectivity index (χ4n) is 3.18. The van der Waals surface area contributed by atoms with Gasteiger partial charge in [-0.3, -0.25) is 4.79 Å². The molecule has 2 rings (SSSR count). The maximum absolute atomic E-state index is 12.1. The molecule has 132 valence electrons. The molecule has 0 saturated heterocycles. The van der Waals surface area contributed by atoms with Crippen LogP contribution in [0.3, 0.4) is 0 Å². The maximum Gasteiger partial charge on any atom is 0.315 e. The van der Waals surface area contributed by atoms with E-state index in [0.717, 1.165) is 35.2 Å². The van der Waals surface area contributed by atoms with Gasteiger partial charge < -0.3 is 21.1 Å². The van der Waals surface area contributed by atoms with Crippen LogP contribution in [0.5, 0.6) is 0 Å². The summed E-state index contributed by atoms with van der Waals surface area (Å²) in [4.78, 5) is 23.9. The van der Waals surface area contributed by atoms with Gasteiger partial charge in [0.2, 0.25) is 5.91 Å². The molecule has 0 heterocycles. The third-order valence-electron chi connectivity index (χ3n) is 4.38. The van der Waals surface area contributed by atoms with Crippen LogP contribution in [0.4, 0.5) is 10.5 Å². The number of carbonyl (C=O) groups is 2. The van der Waals surface area contributed by atoms with Crippen molar-refractivity contribution < 1.29 is 14.7 Å². The van der Waals surface area contributed by atoms with Gasteiger partial charge in [0.25, 0.3) is 0 Å². The first-order valence-corrected chi connectivity index (χ1v) is 8.45. The molecule has 6 nitrogen and oxygen atoms in total. The Morgan fingerprint density at radius 1 is 1.08 bits per heavy atom. The Bertz CT molecular complexity index is 585. The van der Waals surface area contributed by atoms with Gasteiger partial charge in [0.15, 0.2) is 0 Å². The Morgan fingerprint density at radius 2 is 1.67 bits per heavy atom. The van der Waals surface area contributed by atoms with Crippen LogP contribution in [0.2, 0.25) is 0 Å². The number of amides is 3. The molecule has 0 unspecified atom stereocenters. The lowest BCUT2D eigenvalue weighted by Crippen LogP contribution is -2.46. The predicted octanol–water partition coefficient (Wildman–Crippen LogP) is 2.15. The molecule has 6 heteroatoms. The minimum atomic E-state index is -0.344. The van der Waals surface area contributed by atoms with Gasteiger partial charge in [0.1, 0.15) is 0 Å². The highest BCUT2D eigenvalue weighted by Gasteiger charge is 2.20. The van der Waals surface area contributed by atoms with E-state index in [1.165, 1.54) is 0 Å². The predicted molar refractivity (Wildman–Crippen MR) is 94.1 cm³/mol. The molecule has 1 aromatic carbocycles. The zero-order chi connectivity index (χ0) is 17.7. The summed E-state index contributed by atoms with van der Waals surface area (Å²) in [6.07, 6.45) is 2.69. The first-order chi connectivity index (χ1) is 11.3. The van der Waals surface area contributed by atoms with Gasteiger partial charge in [-0.1, -0.05) is 17.7 Å². The second-order valence-electron chi connectivity index (χ2n) is 6.65. The summed E-state index contributed by atoms with van der Waals surface area (Å²) >= 11 is 0. The molecular weight excluding hydrogens is 306 g/mol. The average molecular weight is 333 g/mol. The Hall–Kier alpha value is -2.08. The van der Waals surface area contributed by atoms with E-state index >= 15 is 0 Å². The van der Waals surface area contributed by atoms with Gasteiger partial charge in [-0.25, -0.2) is 4.79 Å². The standard InChI is InChI=1S/C18H27N3O3/c1-11-8-12(2)17(13(3)9-11)21-16(23)10-19-18(24)20-14-4-6-15(22)7-5-14/h8-9,14-15,22H,4-7,10H2,1-3H3,(H,21,23)(H2,19,20,24). The third-order valence-corrected chi connectivity index (χ3v) is 4.38. The van der Waals surface area contributed by atoms with E-state index in [0.29, 0.717) is 12.8 Å². The Morgan fingerprint density at radius 3 is 2.25 bits per heavy atom. The highest BCUT2D eigenvalue weighted by atomic mass is 16.3. The molecule has 0 radical (unpaired) electrons. The van der Waals surface area contributed by atoms with Crippen LogP contribution in [0, 0.1) is 20.8 Å². The SMILES string of the molecule is Cc1cc(C)c(NC(=O)CNC(=O)NC2CCC(O)CC2)c(C)c1. The number of carbonyl (C=O) groups excluding carboxylic acids is 2. The molecule has 1 fully saturated rings. The lowest BCUT2D eigenvalue weighted by atomic mass is 9.93. The number of nitrogens with one attached hydrogen (secondary N) is 3. The van der Waals surface area contributed by atoms with Gasteiger partial charge in [0.05, 0.1) is 12.6 Å². The second kappa shape index (κ2) is 8.15. The van der Waals surface area contributed by atoms with E-state index in [9.17, 15) is 14.7 Å². The maximum atomic E-state index is 12.1. The van der Waals surface area contributed by atoms with Crippen LogP contribution in [-0.4, -0.2) is 35.7 Å². The minimum Gasteiger partial charge on any atom is -0.393 e. The van der Waals surface area contributed by atoms with Gasteiger partial charge in [-0.05, 0) is 57.6 Å². The molecular formula is C18H27N3O3. The van der Waals surface area contributed by atoms with Crippen molar-refractivity contribution in [3.8, 4) is 0 Å². The summed E-state index contributed by atoms with van der Waals surface area (Å²) in [5, 5.41) is 17.7. The van der Waals surface area contributed by atoms with Crippen molar-refractivity contribution in [1.82, 2.24) is 10.6 Å². The minimum absolute atomic E-state index is 0.0676. The largest absolute Gasteiger partial charge is 0.393 e. The van der Waals surface area contributed by atoms with Crippen molar-refractivity contribution in [3.63, 3.8) is 0 Å². The summed E-state index contributed by atoms with van der Waals surface area (Å²) in [5.74, 6) is -0.251. The highest BCUT2D eigenvalue weighted by molar-refractivity contribution is 5.95.